The zero-order valence-corrected chi connectivity index (χ0v) is 8.33. The van der Waals surface area contributed by atoms with Crippen LogP contribution in [0.25, 0.3) is 11.1 Å². The largest absolute Gasteiger partial charge is 0.495 e. The summed E-state index contributed by atoms with van der Waals surface area (Å²) in [5.41, 5.74) is 1.64. The zero-order valence-electron chi connectivity index (χ0n) is 8.33. The van der Waals surface area contributed by atoms with Crippen molar-refractivity contribution in [3.05, 3.63) is 54.3 Å². The van der Waals surface area contributed by atoms with Crippen LogP contribution in [0.1, 0.15) is 0 Å². The lowest BCUT2D eigenvalue weighted by molar-refractivity contribution is 0.415. The first-order valence-corrected chi connectivity index (χ1v) is 4.62. The smallest absolute Gasteiger partial charge is 0.134 e. The fraction of sp³-hybridized carbons (Fsp3) is 0.0769. The maximum absolute atomic E-state index is 13.0. The van der Waals surface area contributed by atoms with Crippen molar-refractivity contribution in [2.45, 2.75) is 0 Å². The van der Waals surface area contributed by atoms with Crippen LogP contribution >= 0.6 is 0 Å². The van der Waals surface area contributed by atoms with Gasteiger partial charge >= 0.3 is 0 Å². The predicted octanol–water partition coefficient (Wildman–Crippen LogP) is 3.30. The summed E-state index contributed by atoms with van der Waals surface area (Å²) in [5.74, 6) is 0.376. The van der Waals surface area contributed by atoms with E-state index in [-0.39, 0.29) is 5.82 Å². The summed E-state index contributed by atoms with van der Waals surface area (Å²) in [4.78, 5) is 0. The molecule has 2 heteroatoms. The molecule has 75 valence electrons. The Morgan fingerprint density at radius 2 is 2.07 bits per heavy atom. The van der Waals surface area contributed by atoms with Gasteiger partial charge in [0.15, 0.2) is 0 Å². The SMILES string of the molecule is COc1[c]cccc1-c1cccc(F)c1. The van der Waals surface area contributed by atoms with E-state index in [4.69, 9.17) is 4.74 Å². The number of rotatable bonds is 2. The van der Waals surface area contributed by atoms with Crippen LogP contribution in [0.4, 0.5) is 4.39 Å². The van der Waals surface area contributed by atoms with Crippen LogP contribution in [0, 0.1) is 11.9 Å². The first-order valence-electron chi connectivity index (χ1n) is 4.62. The molecule has 0 fully saturated rings. The average Bonchev–Trinajstić information content (AvgIpc) is 2.29. The highest BCUT2D eigenvalue weighted by molar-refractivity contribution is 5.69. The summed E-state index contributed by atoms with van der Waals surface area (Å²) in [7, 11) is 1.58. The van der Waals surface area contributed by atoms with E-state index < -0.39 is 0 Å². The van der Waals surface area contributed by atoms with Crippen LogP contribution < -0.4 is 4.74 Å². The Hall–Kier alpha value is -1.83. The Bertz CT molecular complexity index is 466. The van der Waals surface area contributed by atoms with E-state index in [1.165, 1.54) is 12.1 Å². The van der Waals surface area contributed by atoms with Gasteiger partial charge in [-0.15, -0.1) is 0 Å². The Labute approximate surface area is 88.1 Å². The van der Waals surface area contributed by atoms with Crippen LogP contribution in [-0.4, -0.2) is 7.11 Å². The monoisotopic (exact) mass is 201 g/mol. The van der Waals surface area contributed by atoms with Crippen molar-refractivity contribution in [1.29, 1.82) is 0 Å². The molecule has 0 heterocycles. The first-order chi connectivity index (χ1) is 7.31. The molecule has 2 rings (SSSR count). The molecule has 0 N–H and O–H groups in total. The number of benzene rings is 2. The van der Waals surface area contributed by atoms with Crippen molar-refractivity contribution >= 4 is 0 Å². The summed E-state index contributed by atoms with van der Waals surface area (Å²) >= 11 is 0. The molecule has 0 aliphatic heterocycles. The van der Waals surface area contributed by atoms with Crippen molar-refractivity contribution in [1.82, 2.24) is 0 Å². The Balaban J connectivity index is 2.53. The summed E-state index contributed by atoms with van der Waals surface area (Å²) in [5, 5.41) is 0. The number of para-hydroxylation sites is 1. The van der Waals surface area contributed by atoms with Gasteiger partial charge in [0, 0.05) is 11.6 Å². The molecule has 0 saturated carbocycles. The second-order valence-electron chi connectivity index (χ2n) is 3.13. The lowest BCUT2D eigenvalue weighted by Gasteiger charge is -2.07. The molecular weight excluding hydrogens is 191 g/mol. The van der Waals surface area contributed by atoms with Gasteiger partial charge in [-0.05, 0) is 17.7 Å². The lowest BCUT2D eigenvalue weighted by Crippen LogP contribution is -1.87. The fourth-order valence-corrected chi connectivity index (χ4v) is 1.47. The molecule has 0 bridgehead atoms. The van der Waals surface area contributed by atoms with Crippen LogP contribution in [0.15, 0.2) is 42.5 Å². The molecule has 15 heavy (non-hydrogen) atoms. The minimum atomic E-state index is -0.251. The van der Waals surface area contributed by atoms with Crippen molar-refractivity contribution in [3.8, 4) is 16.9 Å². The van der Waals surface area contributed by atoms with E-state index in [9.17, 15) is 4.39 Å². The number of halogens is 1. The van der Waals surface area contributed by atoms with Gasteiger partial charge in [-0.2, -0.15) is 0 Å². The van der Waals surface area contributed by atoms with E-state index in [0.29, 0.717) is 5.75 Å². The lowest BCUT2D eigenvalue weighted by atomic mass is 10.0. The second kappa shape index (κ2) is 4.13. The van der Waals surface area contributed by atoms with Crippen LogP contribution in [0.5, 0.6) is 5.75 Å². The molecular formula is C13H10FO. The number of hydrogen-bond acceptors (Lipinski definition) is 1. The zero-order chi connectivity index (χ0) is 10.7. The van der Waals surface area contributed by atoms with E-state index >= 15 is 0 Å². The molecule has 0 aliphatic carbocycles. The van der Waals surface area contributed by atoms with Crippen molar-refractivity contribution < 1.29 is 9.13 Å². The Morgan fingerprint density at radius 3 is 2.80 bits per heavy atom. The van der Waals surface area contributed by atoms with E-state index in [1.807, 2.05) is 18.2 Å². The predicted molar refractivity (Wildman–Crippen MR) is 57.2 cm³/mol. The molecule has 0 amide bonds. The van der Waals surface area contributed by atoms with Gasteiger partial charge in [0.2, 0.25) is 0 Å². The van der Waals surface area contributed by atoms with Gasteiger partial charge in [0.25, 0.3) is 0 Å². The molecule has 0 aliphatic rings. The first kappa shape index (κ1) is 9.71. The molecule has 0 saturated heterocycles. The van der Waals surface area contributed by atoms with E-state index in [1.54, 1.807) is 19.2 Å². The summed E-state index contributed by atoms with van der Waals surface area (Å²) in [6.45, 7) is 0. The number of hydrogen-bond donors (Lipinski definition) is 0. The molecule has 1 nitrogen and oxygen atoms in total. The molecule has 0 spiro atoms. The van der Waals surface area contributed by atoms with E-state index in [0.717, 1.165) is 11.1 Å². The molecule has 2 aromatic carbocycles. The highest BCUT2D eigenvalue weighted by Crippen LogP contribution is 2.29. The maximum Gasteiger partial charge on any atom is 0.134 e. The van der Waals surface area contributed by atoms with E-state index in [2.05, 4.69) is 6.07 Å². The van der Waals surface area contributed by atoms with Crippen LogP contribution in [0.3, 0.4) is 0 Å². The third-order valence-electron chi connectivity index (χ3n) is 2.16. The van der Waals surface area contributed by atoms with Gasteiger partial charge in [-0.1, -0.05) is 30.3 Å². The molecule has 0 atom stereocenters. The normalized spacial score (nSPS) is 10.0. The van der Waals surface area contributed by atoms with Crippen molar-refractivity contribution in [2.24, 2.45) is 0 Å². The maximum atomic E-state index is 13.0. The third-order valence-corrected chi connectivity index (χ3v) is 2.16. The Morgan fingerprint density at radius 1 is 1.20 bits per heavy atom. The van der Waals surface area contributed by atoms with Gasteiger partial charge in [0.1, 0.15) is 11.6 Å². The minimum absolute atomic E-state index is 0.251. The number of ether oxygens (including phenoxy) is 1. The van der Waals surface area contributed by atoms with Gasteiger partial charge in [-0.25, -0.2) is 4.39 Å². The van der Waals surface area contributed by atoms with Gasteiger partial charge < -0.3 is 4.74 Å². The van der Waals surface area contributed by atoms with Gasteiger partial charge in [0.05, 0.1) is 7.11 Å². The average molecular weight is 201 g/mol. The van der Waals surface area contributed by atoms with Gasteiger partial charge in [-0.3, -0.25) is 0 Å². The highest BCUT2D eigenvalue weighted by atomic mass is 19.1. The standard InChI is InChI=1S/C13H10FO/c1-15-13-8-3-2-7-12(13)10-5-4-6-11(14)9-10/h2-7,9H,1H3. The third kappa shape index (κ3) is 1.99. The van der Waals surface area contributed by atoms with Crippen LogP contribution in [-0.2, 0) is 0 Å². The topological polar surface area (TPSA) is 9.23 Å². The molecule has 1 radical (unpaired) electrons. The summed E-state index contributed by atoms with van der Waals surface area (Å²) < 4.78 is 18.2. The second-order valence-corrected chi connectivity index (χ2v) is 3.13. The summed E-state index contributed by atoms with van der Waals surface area (Å²) in [6.07, 6.45) is 0. The fourth-order valence-electron chi connectivity index (χ4n) is 1.47. The Kier molecular flexibility index (Phi) is 2.68. The molecule has 0 aromatic heterocycles. The number of methoxy groups -OCH3 is 1. The molecule has 0 unspecified atom stereocenters. The minimum Gasteiger partial charge on any atom is -0.495 e. The highest BCUT2D eigenvalue weighted by Gasteiger charge is 2.04. The van der Waals surface area contributed by atoms with Crippen molar-refractivity contribution in [3.63, 3.8) is 0 Å². The quantitative estimate of drug-likeness (QED) is 0.724. The molecule has 2 aromatic rings. The summed E-state index contributed by atoms with van der Waals surface area (Å²) in [6, 6.07) is 14.9. The van der Waals surface area contributed by atoms with Crippen LogP contribution in [0.2, 0.25) is 0 Å². The van der Waals surface area contributed by atoms with Crippen molar-refractivity contribution in [2.75, 3.05) is 7.11 Å².